The van der Waals surface area contributed by atoms with Gasteiger partial charge >= 0.3 is 0 Å². The van der Waals surface area contributed by atoms with E-state index in [1.807, 2.05) is 0 Å². The topological polar surface area (TPSA) is 77.8 Å². The molecule has 4 saturated carbocycles. The summed E-state index contributed by atoms with van der Waals surface area (Å²) in [5.41, 5.74) is -0.0416. The van der Waals surface area contributed by atoms with E-state index in [1.54, 1.807) is 0 Å². The zero-order valence-electron chi connectivity index (χ0n) is 19.5. The van der Waals surface area contributed by atoms with Crippen molar-refractivity contribution in [1.29, 1.82) is 0 Å². The van der Waals surface area contributed by atoms with Crippen molar-refractivity contribution in [2.45, 2.75) is 104 Å². The maximum absolute atomic E-state index is 11.6. The summed E-state index contributed by atoms with van der Waals surface area (Å²) in [6.07, 6.45) is 8.47. The molecule has 4 heteroatoms. The van der Waals surface area contributed by atoms with E-state index >= 15 is 0 Å². The fraction of sp³-hybridized carbons (Fsp3) is 0.962. The number of aliphatic hydroxyl groups is 3. The van der Waals surface area contributed by atoms with Crippen LogP contribution in [0.3, 0.4) is 0 Å². The molecule has 0 radical (unpaired) electrons. The largest absolute Gasteiger partial charge is 0.393 e. The van der Waals surface area contributed by atoms with E-state index in [0.29, 0.717) is 29.6 Å². The molecule has 3 N–H and O–H groups in total. The third-order valence-corrected chi connectivity index (χ3v) is 10.9. The van der Waals surface area contributed by atoms with Gasteiger partial charge in [0.15, 0.2) is 0 Å². The Kier molecular flexibility index (Phi) is 6.18. The molecule has 0 bridgehead atoms. The summed E-state index contributed by atoms with van der Waals surface area (Å²) in [7, 11) is 0. The Hall–Kier alpha value is -0.450. The molecule has 4 aliphatic rings. The molecule has 0 aromatic heterocycles. The first-order valence-electron chi connectivity index (χ1n) is 12.7. The van der Waals surface area contributed by atoms with Crippen molar-refractivity contribution in [2.75, 3.05) is 0 Å². The van der Waals surface area contributed by atoms with Gasteiger partial charge in [-0.1, -0.05) is 27.7 Å². The minimum absolute atomic E-state index is 0.115. The van der Waals surface area contributed by atoms with Crippen LogP contribution < -0.4 is 0 Å². The Morgan fingerprint density at radius 3 is 2.43 bits per heavy atom. The first-order chi connectivity index (χ1) is 14.2. The van der Waals surface area contributed by atoms with Crippen LogP contribution in [0, 0.1) is 52.3 Å². The van der Waals surface area contributed by atoms with Gasteiger partial charge in [-0.15, -0.1) is 0 Å². The van der Waals surface area contributed by atoms with Gasteiger partial charge in [-0.25, -0.2) is 0 Å². The molecule has 0 saturated heterocycles. The lowest BCUT2D eigenvalue weighted by atomic mass is 9.43. The molecule has 0 aromatic rings. The quantitative estimate of drug-likeness (QED) is 0.583. The van der Waals surface area contributed by atoms with Gasteiger partial charge in [-0.2, -0.15) is 0 Å². The molecule has 0 aromatic carbocycles. The molecule has 0 amide bonds. The summed E-state index contributed by atoms with van der Waals surface area (Å²) < 4.78 is 0. The van der Waals surface area contributed by atoms with Crippen molar-refractivity contribution in [2.24, 2.45) is 52.3 Å². The zero-order valence-corrected chi connectivity index (χ0v) is 19.5. The second kappa shape index (κ2) is 8.15. The smallest absolute Gasteiger partial charge is 0.123 e. The molecule has 12 unspecified atom stereocenters. The van der Waals surface area contributed by atoms with E-state index in [4.69, 9.17) is 0 Å². The van der Waals surface area contributed by atoms with E-state index < -0.39 is 0 Å². The van der Waals surface area contributed by atoms with E-state index in [0.717, 1.165) is 64.1 Å². The van der Waals surface area contributed by atoms with Gasteiger partial charge < -0.3 is 20.1 Å². The second-order valence-corrected chi connectivity index (χ2v) is 12.0. The van der Waals surface area contributed by atoms with Crippen molar-refractivity contribution in [3.8, 4) is 0 Å². The molecule has 12 atom stereocenters. The summed E-state index contributed by atoms with van der Waals surface area (Å²) in [5, 5.41) is 33.2. The van der Waals surface area contributed by atoms with Crippen LogP contribution in [0.15, 0.2) is 0 Å². The van der Waals surface area contributed by atoms with Crippen LogP contribution in [0.4, 0.5) is 0 Å². The highest BCUT2D eigenvalue weighted by Crippen LogP contribution is 2.68. The standard InChI is InChI=1S/C26H44O4/c1-5-16(14-27)10-15(2)19-6-7-20-24-21(13-23(30)26(19,20)4)25(3)9-8-18(28)11-17(25)12-22(24)29/h14-24,28-30H,5-13H2,1-4H3. The number of carbonyl (C=O) groups is 1. The fourth-order valence-electron chi connectivity index (χ4n) is 9.09. The molecule has 0 heterocycles. The predicted octanol–water partition coefficient (Wildman–Crippen LogP) is 4.20. The number of hydrogen-bond donors (Lipinski definition) is 3. The minimum Gasteiger partial charge on any atom is -0.393 e. The van der Waals surface area contributed by atoms with E-state index in [1.165, 1.54) is 0 Å². The van der Waals surface area contributed by atoms with Crippen LogP contribution in [0.1, 0.15) is 85.5 Å². The van der Waals surface area contributed by atoms with Gasteiger partial charge in [0.2, 0.25) is 0 Å². The van der Waals surface area contributed by atoms with Crippen molar-refractivity contribution < 1.29 is 20.1 Å². The summed E-state index contributed by atoms with van der Waals surface area (Å²) in [5.74, 6) is 2.27. The maximum atomic E-state index is 11.6. The van der Waals surface area contributed by atoms with Crippen molar-refractivity contribution in [3.63, 3.8) is 0 Å². The van der Waals surface area contributed by atoms with Crippen molar-refractivity contribution in [1.82, 2.24) is 0 Å². The van der Waals surface area contributed by atoms with Crippen LogP contribution >= 0.6 is 0 Å². The molecular weight excluding hydrogens is 376 g/mol. The second-order valence-electron chi connectivity index (χ2n) is 12.0. The number of aliphatic hydroxyl groups excluding tert-OH is 3. The number of aldehydes is 1. The Balaban J connectivity index is 1.61. The van der Waals surface area contributed by atoms with E-state index in [2.05, 4.69) is 27.7 Å². The van der Waals surface area contributed by atoms with Crippen LogP contribution in [-0.2, 0) is 4.79 Å². The Morgan fingerprint density at radius 2 is 1.77 bits per heavy atom. The number of hydrogen-bond acceptors (Lipinski definition) is 4. The van der Waals surface area contributed by atoms with Crippen LogP contribution in [-0.4, -0.2) is 39.9 Å². The Bertz CT molecular complexity index is 637. The van der Waals surface area contributed by atoms with Crippen molar-refractivity contribution >= 4 is 6.29 Å². The molecule has 4 nitrogen and oxygen atoms in total. The normalized spacial score (nSPS) is 52.6. The summed E-state index contributed by atoms with van der Waals surface area (Å²) in [6, 6.07) is 0. The lowest BCUT2D eigenvalue weighted by Crippen LogP contribution is -2.62. The van der Waals surface area contributed by atoms with Gasteiger partial charge in [0.25, 0.3) is 0 Å². The van der Waals surface area contributed by atoms with Crippen LogP contribution in [0.5, 0.6) is 0 Å². The van der Waals surface area contributed by atoms with Gasteiger partial charge in [-0.05, 0) is 104 Å². The first-order valence-corrected chi connectivity index (χ1v) is 12.7. The van der Waals surface area contributed by atoms with E-state index in [9.17, 15) is 20.1 Å². The molecular formula is C26H44O4. The van der Waals surface area contributed by atoms with Crippen molar-refractivity contribution in [3.05, 3.63) is 0 Å². The number of fused-ring (bicyclic) bond motifs is 5. The van der Waals surface area contributed by atoms with Gasteiger partial charge in [0.05, 0.1) is 18.3 Å². The zero-order chi connectivity index (χ0) is 21.8. The average molecular weight is 421 g/mol. The Morgan fingerprint density at radius 1 is 1.03 bits per heavy atom. The summed E-state index contributed by atoms with van der Waals surface area (Å²) in [6.45, 7) is 9.04. The summed E-state index contributed by atoms with van der Waals surface area (Å²) in [4.78, 5) is 11.4. The SMILES string of the molecule is CCC(C=O)CC(C)C1CCC2C3C(O)CC4CC(O)CCC4(C)C3CC(O)C12C. The van der Waals surface area contributed by atoms with Gasteiger partial charge in [0, 0.05) is 5.92 Å². The highest BCUT2D eigenvalue weighted by Gasteiger charge is 2.65. The lowest BCUT2D eigenvalue weighted by molar-refractivity contribution is -0.207. The first kappa shape index (κ1) is 22.7. The monoisotopic (exact) mass is 420 g/mol. The third kappa shape index (κ3) is 3.31. The summed E-state index contributed by atoms with van der Waals surface area (Å²) >= 11 is 0. The molecule has 4 rings (SSSR count). The highest BCUT2D eigenvalue weighted by atomic mass is 16.3. The van der Waals surface area contributed by atoms with E-state index in [-0.39, 0.29) is 41.0 Å². The van der Waals surface area contributed by atoms with Gasteiger partial charge in [-0.3, -0.25) is 0 Å². The molecule has 30 heavy (non-hydrogen) atoms. The average Bonchev–Trinajstić information content (AvgIpc) is 3.07. The number of rotatable bonds is 5. The lowest BCUT2D eigenvalue weighted by Gasteiger charge is -2.63. The highest BCUT2D eigenvalue weighted by molar-refractivity contribution is 5.53. The van der Waals surface area contributed by atoms with Crippen LogP contribution in [0.25, 0.3) is 0 Å². The maximum Gasteiger partial charge on any atom is 0.123 e. The molecule has 172 valence electrons. The molecule has 0 aliphatic heterocycles. The minimum atomic E-state index is -0.343. The predicted molar refractivity (Wildman–Crippen MR) is 118 cm³/mol. The molecule has 4 aliphatic carbocycles. The van der Waals surface area contributed by atoms with Gasteiger partial charge in [0.1, 0.15) is 6.29 Å². The van der Waals surface area contributed by atoms with Crippen LogP contribution in [0.2, 0.25) is 0 Å². The molecule has 4 fully saturated rings. The molecule has 0 spiro atoms. The number of carbonyl (C=O) groups excluding carboxylic acids is 1. The third-order valence-electron chi connectivity index (χ3n) is 10.9. The Labute approximate surface area is 182 Å². The fourth-order valence-corrected chi connectivity index (χ4v) is 9.09.